The van der Waals surface area contributed by atoms with E-state index in [1.54, 1.807) is 0 Å². The van der Waals surface area contributed by atoms with Crippen LogP contribution in [0.1, 0.15) is 62.1 Å². The molecule has 0 N–H and O–H groups in total. The van der Waals surface area contributed by atoms with Gasteiger partial charge in [0.2, 0.25) is 0 Å². The minimum Gasteiger partial charge on any atom is -0.377 e. The van der Waals surface area contributed by atoms with Crippen molar-refractivity contribution < 1.29 is 0 Å². The number of thiophene rings is 1. The van der Waals surface area contributed by atoms with E-state index in [0.717, 1.165) is 44.5 Å². The highest BCUT2D eigenvalue weighted by Gasteiger charge is 2.33. The molecule has 3 aromatic rings. The van der Waals surface area contributed by atoms with Gasteiger partial charge in [0.05, 0.1) is 0 Å². The van der Waals surface area contributed by atoms with Crippen LogP contribution in [0.5, 0.6) is 0 Å². The SMILES string of the molecule is O=NC(C1CCCCC1)C(CCN1C=C(c2cccc3ccsc23)CC1)c1ccccn1. The molecule has 1 aromatic carbocycles. The third-order valence-electron chi connectivity index (χ3n) is 7.29. The first-order valence-electron chi connectivity index (χ1n) is 12.0. The van der Waals surface area contributed by atoms with Crippen molar-refractivity contribution in [1.29, 1.82) is 0 Å². The van der Waals surface area contributed by atoms with Gasteiger partial charge in [-0.05, 0) is 71.7 Å². The first kappa shape index (κ1) is 21.3. The maximum atomic E-state index is 12.0. The number of benzene rings is 1. The van der Waals surface area contributed by atoms with Gasteiger partial charge in [0, 0.05) is 41.8 Å². The van der Waals surface area contributed by atoms with Crippen LogP contribution >= 0.6 is 11.3 Å². The van der Waals surface area contributed by atoms with Crippen LogP contribution in [-0.2, 0) is 0 Å². The Morgan fingerprint density at radius 1 is 1.09 bits per heavy atom. The number of nitroso groups, excluding NO2 is 1. The van der Waals surface area contributed by atoms with E-state index < -0.39 is 0 Å². The molecular formula is C27H31N3OS. The number of aromatic nitrogens is 1. The monoisotopic (exact) mass is 445 g/mol. The first-order chi connectivity index (χ1) is 15.8. The number of fused-ring (bicyclic) bond motifs is 1. The molecule has 32 heavy (non-hydrogen) atoms. The quantitative estimate of drug-likeness (QED) is 0.344. The smallest absolute Gasteiger partial charge is 0.103 e. The van der Waals surface area contributed by atoms with Gasteiger partial charge in [-0.2, -0.15) is 4.91 Å². The Labute approximate surface area is 194 Å². The van der Waals surface area contributed by atoms with E-state index >= 15 is 0 Å². The molecule has 5 rings (SSSR count). The highest BCUT2D eigenvalue weighted by atomic mass is 32.1. The molecule has 3 heterocycles. The highest BCUT2D eigenvalue weighted by molar-refractivity contribution is 7.17. The van der Waals surface area contributed by atoms with E-state index in [-0.39, 0.29) is 12.0 Å². The minimum absolute atomic E-state index is 0.0926. The zero-order chi connectivity index (χ0) is 21.8. The van der Waals surface area contributed by atoms with Crippen molar-refractivity contribution in [2.45, 2.75) is 56.9 Å². The third-order valence-corrected chi connectivity index (χ3v) is 8.26. The summed E-state index contributed by atoms with van der Waals surface area (Å²) in [4.78, 5) is 19.1. The highest BCUT2D eigenvalue weighted by Crippen LogP contribution is 2.38. The molecule has 166 valence electrons. The van der Waals surface area contributed by atoms with Crippen LogP contribution < -0.4 is 0 Å². The molecule has 1 saturated carbocycles. The molecule has 0 bridgehead atoms. The van der Waals surface area contributed by atoms with Crippen molar-refractivity contribution in [2.75, 3.05) is 13.1 Å². The fourth-order valence-electron chi connectivity index (χ4n) is 5.60. The normalized spacial score (nSPS) is 19.1. The van der Waals surface area contributed by atoms with Gasteiger partial charge in [-0.25, -0.2) is 0 Å². The van der Waals surface area contributed by atoms with E-state index in [4.69, 9.17) is 0 Å². The number of hydrogen-bond acceptors (Lipinski definition) is 5. The largest absolute Gasteiger partial charge is 0.377 e. The molecule has 1 aliphatic carbocycles. The van der Waals surface area contributed by atoms with E-state index in [1.165, 1.54) is 40.5 Å². The topological polar surface area (TPSA) is 45.6 Å². The van der Waals surface area contributed by atoms with Crippen LogP contribution in [0.15, 0.2) is 65.4 Å². The van der Waals surface area contributed by atoms with E-state index in [2.05, 4.69) is 57.0 Å². The Morgan fingerprint density at radius 2 is 2.00 bits per heavy atom. The zero-order valence-corrected chi connectivity index (χ0v) is 19.3. The van der Waals surface area contributed by atoms with Gasteiger partial charge < -0.3 is 4.90 Å². The van der Waals surface area contributed by atoms with Gasteiger partial charge in [-0.1, -0.05) is 48.7 Å². The Kier molecular flexibility index (Phi) is 6.63. The second-order valence-corrected chi connectivity index (χ2v) is 10.1. The third kappa shape index (κ3) is 4.49. The summed E-state index contributed by atoms with van der Waals surface area (Å²) in [5.74, 6) is 0.490. The van der Waals surface area contributed by atoms with Gasteiger partial charge in [0.15, 0.2) is 0 Å². The minimum atomic E-state index is -0.170. The summed E-state index contributed by atoms with van der Waals surface area (Å²) in [6.07, 6.45) is 12.1. The fraction of sp³-hybridized carbons (Fsp3) is 0.444. The second-order valence-electron chi connectivity index (χ2n) is 9.23. The first-order valence-corrected chi connectivity index (χ1v) is 12.9. The lowest BCUT2D eigenvalue weighted by Crippen LogP contribution is -2.30. The average Bonchev–Trinajstić information content (AvgIpc) is 3.52. The Hall–Kier alpha value is -2.53. The molecule has 2 atom stereocenters. The second kappa shape index (κ2) is 9.95. The van der Waals surface area contributed by atoms with Gasteiger partial charge in [-0.3, -0.25) is 4.98 Å². The summed E-state index contributed by atoms with van der Waals surface area (Å²) in [7, 11) is 0. The molecule has 4 nitrogen and oxygen atoms in total. The lowest BCUT2D eigenvalue weighted by molar-refractivity contribution is 0.258. The molecule has 0 amide bonds. The summed E-state index contributed by atoms with van der Waals surface area (Å²) < 4.78 is 1.38. The summed E-state index contributed by atoms with van der Waals surface area (Å²) in [5.41, 5.74) is 3.81. The van der Waals surface area contributed by atoms with Crippen LogP contribution in [0.4, 0.5) is 0 Å². The van der Waals surface area contributed by atoms with Crippen molar-refractivity contribution >= 4 is 27.0 Å². The fourth-order valence-corrected chi connectivity index (χ4v) is 6.55. The molecular weight excluding hydrogens is 414 g/mol. The van der Waals surface area contributed by atoms with Crippen molar-refractivity contribution in [3.63, 3.8) is 0 Å². The Morgan fingerprint density at radius 3 is 2.81 bits per heavy atom. The predicted octanol–water partition coefficient (Wildman–Crippen LogP) is 7.23. The number of nitrogens with zero attached hydrogens (tertiary/aromatic N) is 3. The van der Waals surface area contributed by atoms with Crippen molar-refractivity contribution in [2.24, 2.45) is 11.1 Å². The predicted molar refractivity (Wildman–Crippen MR) is 134 cm³/mol. The maximum Gasteiger partial charge on any atom is 0.103 e. The van der Waals surface area contributed by atoms with Gasteiger partial charge >= 0.3 is 0 Å². The Bertz CT molecular complexity index is 1070. The lowest BCUT2D eigenvalue weighted by atomic mass is 9.77. The molecule has 0 radical (unpaired) electrons. The summed E-state index contributed by atoms with van der Waals surface area (Å²) in [5, 5.41) is 7.21. The summed E-state index contributed by atoms with van der Waals surface area (Å²) in [6.45, 7) is 1.97. The molecule has 1 aliphatic heterocycles. The van der Waals surface area contributed by atoms with Gasteiger partial charge in [-0.15, -0.1) is 11.3 Å². The van der Waals surface area contributed by atoms with Crippen LogP contribution in [0.2, 0.25) is 0 Å². The lowest BCUT2D eigenvalue weighted by Gasteiger charge is -2.32. The standard InChI is InChI=1S/C27H31N3OS/c31-29-26(20-7-2-1-3-8-20)24(25-11-4-5-15-28-25)13-17-30-16-12-22(19-30)23-10-6-9-21-14-18-32-27(21)23/h4-6,9-11,14-15,18-20,24,26H,1-3,7-8,12-13,16-17H2. The number of pyridine rings is 1. The van der Waals surface area contributed by atoms with Crippen LogP contribution in [0.3, 0.4) is 0 Å². The molecule has 2 aromatic heterocycles. The van der Waals surface area contributed by atoms with Gasteiger partial charge in [0.25, 0.3) is 0 Å². The average molecular weight is 446 g/mol. The van der Waals surface area contributed by atoms with Crippen LogP contribution in [-0.4, -0.2) is 29.0 Å². The maximum absolute atomic E-state index is 12.0. The molecule has 2 unspecified atom stereocenters. The van der Waals surface area contributed by atoms with E-state index in [1.807, 2.05) is 29.7 Å². The molecule has 0 saturated heterocycles. The zero-order valence-electron chi connectivity index (χ0n) is 18.5. The van der Waals surface area contributed by atoms with Gasteiger partial charge in [0.1, 0.15) is 6.04 Å². The van der Waals surface area contributed by atoms with Crippen molar-refractivity contribution in [3.05, 3.63) is 76.4 Å². The van der Waals surface area contributed by atoms with Crippen LogP contribution in [0.25, 0.3) is 15.7 Å². The molecule has 5 heteroatoms. The molecule has 2 aliphatic rings. The number of rotatable bonds is 8. The number of hydrogen-bond donors (Lipinski definition) is 0. The molecule has 1 fully saturated rings. The van der Waals surface area contributed by atoms with Crippen LogP contribution in [0, 0.1) is 10.8 Å². The Balaban J connectivity index is 1.33. The van der Waals surface area contributed by atoms with E-state index in [0.29, 0.717) is 5.92 Å². The summed E-state index contributed by atoms with van der Waals surface area (Å²) in [6, 6.07) is 14.7. The summed E-state index contributed by atoms with van der Waals surface area (Å²) >= 11 is 1.83. The van der Waals surface area contributed by atoms with E-state index in [9.17, 15) is 4.91 Å². The molecule has 0 spiro atoms. The van der Waals surface area contributed by atoms with Crippen molar-refractivity contribution in [1.82, 2.24) is 9.88 Å². The van der Waals surface area contributed by atoms with Crippen molar-refractivity contribution in [3.8, 4) is 0 Å².